The Morgan fingerprint density at radius 2 is 2.00 bits per heavy atom. The van der Waals surface area contributed by atoms with Crippen molar-refractivity contribution in [2.24, 2.45) is 4.99 Å². The second-order valence-corrected chi connectivity index (χ2v) is 7.15. The summed E-state index contributed by atoms with van der Waals surface area (Å²) in [5.74, 6) is 1.65. The van der Waals surface area contributed by atoms with E-state index < -0.39 is 5.60 Å². The molecule has 1 aliphatic rings. The molecule has 0 saturated heterocycles. The summed E-state index contributed by atoms with van der Waals surface area (Å²) in [6.07, 6.45) is 7.00. The molecule has 1 aromatic heterocycles. The molecule has 2 aromatic rings. The molecule has 0 spiro atoms. The molecule has 26 heavy (non-hydrogen) atoms. The topological polar surface area (TPSA) is 76.5 Å². The minimum atomic E-state index is -0.611. The smallest absolute Gasteiger partial charge is 0.193 e. The minimum absolute atomic E-state index is 0.539. The van der Waals surface area contributed by atoms with Gasteiger partial charge in [0.1, 0.15) is 5.82 Å². The van der Waals surface area contributed by atoms with Gasteiger partial charge in [-0.25, -0.2) is 4.98 Å². The van der Waals surface area contributed by atoms with Gasteiger partial charge in [0.2, 0.25) is 0 Å². The number of hydrogen-bond acceptors (Lipinski definition) is 3. The Morgan fingerprint density at radius 3 is 2.69 bits per heavy atom. The van der Waals surface area contributed by atoms with E-state index in [1.54, 1.807) is 7.05 Å². The zero-order chi connectivity index (χ0) is 18.4. The van der Waals surface area contributed by atoms with E-state index in [4.69, 9.17) is 0 Å². The van der Waals surface area contributed by atoms with Crippen LogP contribution in [0.1, 0.15) is 37.9 Å². The Bertz CT molecular complexity index is 719. The molecule has 3 rings (SSSR count). The summed E-state index contributed by atoms with van der Waals surface area (Å²) < 4.78 is 0. The number of aliphatic imine (C=N–C) groups is 1. The number of guanidine groups is 1. The summed E-state index contributed by atoms with van der Waals surface area (Å²) in [5, 5.41) is 14.0. The molecule has 0 bridgehead atoms. The lowest BCUT2D eigenvalue weighted by Gasteiger charge is -2.33. The predicted molar refractivity (Wildman–Crippen MR) is 105 cm³/mol. The average Bonchev–Trinajstić information content (AvgIpc) is 3.12. The molecule has 0 amide bonds. The van der Waals surface area contributed by atoms with Crippen LogP contribution in [0, 0.1) is 0 Å². The molecule has 0 unspecified atom stereocenters. The fourth-order valence-electron chi connectivity index (χ4n) is 3.52. The molecule has 6 nitrogen and oxygen atoms in total. The van der Waals surface area contributed by atoms with Crippen molar-refractivity contribution in [1.29, 1.82) is 0 Å². The van der Waals surface area contributed by atoms with Crippen LogP contribution in [0.3, 0.4) is 0 Å². The van der Waals surface area contributed by atoms with E-state index in [0.717, 1.165) is 48.7 Å². The first kappa shape index (κ1) is 18.5. The lowest BCUT2D eigenvalue weighted by Crippen LogP contribution is -2.48. The first-order valence-electron chi connectivity index (χ1n) is 9.33. The number of aromatic amines is 1. The van der Waals surface area contributed by atoms with Crippen molar-refractivity contribution in [1.82, 2.24) is 20.2 Å². The van der Waals surface area contributed by atoms with Crippen molar-refractivity contribution in [3.63, 3.8) is 0 Å². The van der Waals surface area contributed by atoms with Crippen molar-refractivity contribution in [3.05, 3.63) is 42.4 Å². The van der Waals surface area contributed by atoms with Gasteiger partial charge in [-0.1, -0.05) is 49.6 Å². The third kappa shape index (κ3) is 4.64. The van der Waals surface area contributed by atoms with Crippen LogP contribution in [0.15, 0.2) is 41.5 Å². The Morgan fingerprint density at radius 1 is 1.27 bits per heavy atom. The maximum atomic E-state index is 10.7. The van der Waals surface area contributed by atoms with Crippen molar-refractivity contribution in [2.45, 2.75) is 44.2 Å². The van der Waals surface area contributed by atoms with E-state index >= 15 is 0 Å². The van der Waals surface area contributed by atoms with Gasteiger partial charge < -0.3 is 20.3 Å². The number of nitrogens with one attached hydrogen (secondary N) is 2. The summed E-state index contributed by atoms with van der Waals surface area (Å²) in [6.45, 7) is 1.16. The summed E-state index contributed by atoms with van der Waals surface area (Å²) in [5.41, 5.74) is 1.52. The molecular formula is C20H29N5O. The highest BCUT2D eigenvalue weighted by Crippen LogP contribution is 2.27. The van der Waals surface area contributed by atoms with E-state index in [0.29, 0.717) is 13.1 Å². The lowest BCUT2D eigenvalue weighted by atomic mass is 9.85. The molecular weight excluding hydrogens is 326 g/mol. The number of rotatable bonds is 5. The summed E-state index contributed by atoms with van der Waals surface area (Å²) in [7, 11) is 3.74. The van der Waals surface area contributed by atoms with Gasteiger partial charge in [-0.05, 0) is 18.4 Å². The number of H-pyrrole nitrogens is 1. The highest BCUT2D eigenvalue weighted by Gasteiger charge is 2.29. The Balaban J connectivity index is 1.57. The van der Waals surface area contributed by atoms with E-state index in [1.165, 1.54) is 6.42 Å². The van der Waals surface area contributed by atoms with E-state index in [1.807, 2.05) is 36.3 Å². The zero-order valence-corrected chi connectivity index (χ0v) is 15.7. The summed E-state index contributed by atoms with van der Waals surface area (Å²) >= 11 is 0. The van der Waals surface area contributed by atoms with Crippen LogP contribution < -0.4 is 5.32 Å². The quantitative estimate of drug-likeness (QED) is 0.569. The first-order valence-corrected chi connectivity index (χ1v) is 9.33. The second-order valence-electron chi connectivity index (χ2n) is 7.15. The molecule has 1 fully saturated rings. The molecule has 1 aromatic carbocycles. The summed E-state index contributed by atoms with van der Waals surface area (Å²) in [4.78, 5) is 14.2. The second kappa shape index (κ2) is 8.36. The molecule has 1 aliphatic carbocycles. The number of hydrogen-bond donors (Lipinski definition) is 3. The molecule has 0 aliphatic heterocycles. The molecule has 0 radical (unpaired) electrons. The maximum absolute atomic E-state index is 10.7. The Kier molecular flexibility index (Phi) is 5.93. The third-order valence-electron chi connectivity index (χ3n) is 5.03. The van der Waals surface area contributed by atoms with Crippen LogP contribution in [-0.2, 0) is 6.54 Å². The molecule has 3 N–H and O–H groups in total. The monoisotopic (exact) mass is 355 g/mol. The van der Waals surface area contributed by atoms with Gasteiger partial charge in [0, 0.05) is 20.6 Å². The molecule has 0 atom stereocenters. The number of benzene rings is 1. The zero-order valence-electron chi connectivity index (χ0n) is 15.7. The summed E-state index contributed by atoms with van der Waals surface area (Å²) in [6, 6.07) is 10.2. The van der Waals surface area contributed by atoms with Crippen LogP contribution in [0.5, 0.6) is 0 Å². The first-order chi connectivity index (χ1) is 12.6. The van der Waals surface area contributed by atoms with Crippen molar-refractivity contribution >= 4 is 5.96 Å². The predicted octanol–water partition coefficient (Wildman–Crippen LogP) is 2.78. The van der Waals surface area contributed by atoms with Crippen LogP contribution in [0.25, 0.3) is 11.3 Å². The molecule has 1 heterocycles. The fourth-order valence-corrected chi connectivity index (χ4v) is 3.52. The normalized spacial score (nSPS) is 17.1. The Hall–Kier alpha value is -2.34. The van der Waals surface area contributed by atoms with Gasteiger partial charge in [0.05, 0.1) is 24.0 Å². The van der Waals surface area contributed by atoms with E-state index in [2.05, 4.69) is 32.4 Å². The van der Waals surface area contributed by atoms with Gasteiger partial charge in [-0.2, -0.15) is 0 Å². The van der Waals surface area contributed by atoms with Gasteiger partial charge in [0.25, 0.3) is 0 Å². The SMILES string of the molecule is CN=C(NCC1(O)CCCCC1)N(C)Cc1ncc(-c2ccccc2)[nH]1. The highest BCUT2D eigenvalue weighted by atomic mass is 16.3. The number of aliphatic hydroxyl groups is 1. The van der Waals surface area contributed by atoms with Gasteiger partial charge in [-0.3, -0.25) is 4.99 Å². The minimum Gasteiger partial charge on any atom is -0.388 e. The molecule has 1 saturated carbocycles. The van der Waals surface area contributed by atoms with Crippen LogP contribution >= 0.6 is 0 Å². The maximum Gasteiger partial charge on any atom is 0.193 e. The number of aromatic nitrogens is 2. The average molecular weight is 355 g/mol. The number of nitrogens with zero attached hydrogens (tertiary/aromatic N) is 3. The van der Waals surface area contributed by atoms with Crippen LogP contribution in [0.4, 0.5) is 0 Å². The van der Waals surface area contributed by atoms with Crippen molar-refractivity contribution < 1.29 is 5.11 Å². The van der Waals surface area contributed by atoms with Gasteiger partial charge in [-0.15, -0.1) is 0 Å². The molecule has 140 valence electrons. The largest absolute Gasteiger partial charge is 0.388 e. The third-order valence-corrected chi connectivity index (χ3v) is 5.03. The number of imidazole rings is 1. The van der Waals surface area contributed by atoms with Crippen molar-refractivity contribution in [2.75, 3.05) is 20.6 Å². The molecule has 6 heteroatoms. The van der Waals surface area contributed by atoms with E-state index in [9.17, 15) is 5.11 Å². The van der Waals surface area contributed by atoms with Crippen LogP contribution in [-0.4, -0.2) is 52.2 Å². The van der Waals surface area contributed by atoms with Gasteiger partial charge >= 0.3 is 0 Å². The lowest BCUT2D eigenvalue weighted by molar-refractivity contribution is 0.00819. The van der Waals surface area contributed by atoms with E-state index in [-0.39, 0.29) is 0 Å². The highest BCUT2D eigenvalue weighted by molar-refractivity contribution is 5.79. The van der Waals surface area contributed by atoms with Gasteiger partial charge in [0.15, 0.2) is 5.96 Å². The van der Waals surface area contributed by atoms with Crippen molar-refractivity contribution in [3.8, 4) is 11.3 Å². The van der Waals surface area contributed by atoms with Crippen LogP contribution in [0.2, 0.25) is 0 Å². The Labute approximate surface area is 155 Å². The standard InChI is InChI=1S/C20H29N5O/c1-21-19(23-15-20(26)11-7-4-8-12-20)25(2)14-18-22-13-17(24-18)16-9-5-3-6-10-16/h3,5-6,9-10,13,26H,4,7-8,11-12,14-15H2,1-2H3,(H,21,23)(H,22,24). The fraction of sp³-hybridized carbons (Fsp3) is 0.500.